The molecule has 0 atom stereocenters. The Kier molecular flexibility index (Phi) is 4.51. The Morgan fingerprint density at radius 1 is 1.15 bits per heavy atom. The van der Waals surface area contributed by atoms with Gasteiger partial charge in [-0.1, -0.05) is 37.0 Å². The van der Waals surface area contributed by atoms with Gasteiger partial charge in [-0.05, 0) is 31.0 Å². The lowest BCUT2D eigenvalue weighted by Gasteiger charge is -2.16. The van der Waals surface area contributed by atoms with E-state index in [1.807, 2.05) is 14.0 Å². The molecule has 3 nitrogen and oxygen atoms in total. The second kappa shape index (κ2) is 5.98. The van der Waals surface area contributed by atoms with E-state index < -0.39 is 0 Å². The minimum absolute atomic E-state index is 0.348. The van der Waals surface area contributed by atoms with Crippen molar-refractivity contribution in [3.8, 4) is 11.4 Å². The standard InChI is InChI=1S/C15H17Cl2N3/c1-8(2)13-9(3)19-14(20-15(13)18-4)11-7-10(16)5-6-12(11)17/h5-8H,1-4H3,(H,18,19,20). The SMILES string of the molecule is CNc1nc(-c2cc(Cl)ccc2Cl)nc(C)c1C(C)C. The summed E-state index contributed by atoms with van der Waals surface area (Å²) in [5.74, 6) is 1.77. The summed E-state index contributed by atoms with van der Waals surface area (Å²) < 4.78 is 0. The molecule has 0 saturated heterocycles. The van der Waals surface area contributed by atoms with Gasteiger partial charge in [0.1, 0.15) is 5.82 Å². The number of aryl methyl sites for hydroxylation is 1. The summed E-state index contributed by atoms with van der Waals surface area (Å²) in [5, 5.41) is 4.34. The molecule has 5 heteroatoms. The smallest absolute Gasteiger partial charge is 0.163 e. The second-order valence-corrected chi connectivity index (χ2v) is 5.77. The maximum atomic E-state index is 6.22. The largest absolute Gasteiger partial charge is 0.373 e. The minimum atomic E-state index is 0.348. The third-order valence-corrected chi connectivity index (χ3v) is 3.68. The van der Waals surface area contributed by atoms with Crippen molar-refractivity contribution < 1.29 is 0 Å². The molecule has 1 N–H and O–H groups in total. The molecule has 0 bridgehead atoms. The van der Waals surface area contributed by atoms with Crippen LogP contribution >= 0.6 is 23.2 Å². The van der Waals surface area contributed by atoms with E-state index >= 15 is 0 Å². The number of benzene rings is 1. The summed E-state index contributed by atoms with van der Waals surface area (Å²) in [4.78, 5) is 9.16. The van der Waals surface area contributed by atoms with Crippen LogP contribution in [0.4, 0.5) is 5.82 Å². The fourth-order valence-corrected chi connectivity index (χ4v) is 2.63. The van der Waals surface area contributed by atoms with Gasteiger partial charge in [-0.15, -0.1) is 0 Å². The number of rotatable bonds is 3. The monoisotopic (exact) mass is 309 g/mol. The van der Waals surface area contributed by atoms with Crippen LogP contribution in [0.5, 0.6) is 0 Å². The first kappa shape index (κ1) is 15.1. The van der Waals surface area contributed by atoms with Crippen molar-refractivity contribution in [2.75, 3.05) is 12.4 Å². The highest BCUT2D eigenvalue weighted by Crippen LogP contribution is 2.32. The zero-order valence-electron chi connectivity index (χ0n) is 12.0. The lowest BCUT2D eigenvalue weighted by atomic mass is 10.0. The van der Waals surface area contributed by atoms with E-state index in [4.69, 9.17) is 23.2 Å². The Labute approximate surface area is 129 Å². The Balaban J connectivity index is 2.64. The summed E-state index contributed by atoms with van der Waals surface area (Å²) >= 11 is 12.3. The Morgan fingerprint density at radius 3 is 2.45 bits per heavy atom. The lowest BCUT2D eigenvalue weighted by Crippen LogP contribution is -2.07. The van der Waals surface area contributed by atoms with Crippen LogP contribution in [0.3, 0.4) is 0 Å². The van der Waals surface area contributed by atoms with Crippen LogP contribution in [0.1, 0.15) is 31.0 Å². The van der Waals surface area contributed by atoms with E-state index in [0.29, 0.717) is 21.8 Å². The Bertz CT molecular complexity index is 639. The maximum absolute atomic E-state index is 6.22. The van der Waals surface area contributed by atoms with E-state index in [2.05, 4.69) is 29.1 Å². The van der Waals surface area contributed by atoms with Gasteiger partial charge in [0.2, 0.25) is 0 Å². The molecule has 0 aliphatic carbocycles. The molecule has 2 aromatic rings. The maximum Gasteiger partial charge on any atom is 0.163 e. The fourth-order valence-electron chi connectivity index (χ4n) is 2.25. The van der Waals surface area contributed by atoms with Crippen molar-refractivity contribution >= 4 is 29.0 Å². The summed E-state index contributed by atoms with van der Waals surface area (Å²) in [5.41, 5.74) is 2.81. The summed E-state index contributed by atoms with van der Waals surface area (Å²) in [6.45, 7) is 6.23. The van der Waals surface area contributed by atoms with Gasteiger partial charge in [0.15, 0.2) is 5.82 Å². The van der Waals surface area contributed by atoms with Gasteiger partial charge < -0.3 is 5.32 Å². The van der Waals surface area contributed by atoms with Crippen LogP contribution in [0, 0.1) is 6.92 Å². The van der Waals surface area contributed by atoms with Gasteiger partial charge in [-0.2, -0.15) is 0 Å². The zero-order chi connectivity index (χ0) is 14.9. The molecule has 0 fully saturated rings. The Hall–Kier alpha value is -1.32. The van der Waals surface area contributed by atoms with E-state index in [9.17, 15) is 0 Å². The predicted molar refractivity (Wildman–Crippen MR) is 85.9 cm³/mol. The number of hydrogen-bond acceptors (Lipinski definition) is 3. The van der Waals surface area contributed by atoms with Gasteiger partial charge in [-0.25, -0.2) is 9.97 Å². The fraction of sp³-hybridized carbons (Fsp3) is 0.333. The first-order valence-corrected chi connectivity index (χ1v) is 7.21. The van der Waals surface area contributed by atoms with Gasteiger partial charge >= 0.3 is 0 Å². The van der Waals surface area contributed by atoms with Crippen LogP contribution in [-0.2, 0) is 0 Å². The summed E-state index contributed by atoms with van der Waals surface area (Å²) in [7, 11) is 1.86. The molecule has 1 aromatic heterocycles. The van der Waals surface area contributed by atoms with Gasteiger partial charge in [0.05, 0.1) is 5.02 Å². The third-order valence-electron chi connectivity index (χ3n) is 3.12. The molecular weight excluding hydrogens is 293 g/mol. The second-order valence-electron chi connectivity index (χ2n) is 4.92. The van der Waals surface area contributed by atoms with E-state index in [0.717, 1.165) is 22.6 Å². The van der Waals surface area contributed by atoms with Crippen LogP contribution in [0.2, 0.25) is 10.0 Å². The third kappa shape index (κ3) is 2.89. The van der Waals surface area contributed by atoms with Crippen molar-refractivity contribution in [2.45, 2.75) is 26.7 Å². The van der Waals surface area contributed by atoms with Gasteiger partial charge in [-0.3, -0.25) is 0 Å². The number of hydrogen-bond donors (Lipinski definition) is 1. The first-order chi connectivity index (χ1) is 9.43. The number of anilines is 1. The normalized spacial score (nSPS) is 10.9. The molecule has 1 heterocycles. The zero-order valence-corrected chi connectivity index (χ0v) is 13.5. The molecule has 0 unspecified atom stereocenters. The molecule has 0 amide bonds. The predicted octanol–water partition coefficient (Wildman–Crippen LogP) is 4.92. The van der Waals surface area contributed by atoms with Crippen LogP contribution < -0.4 is 5.32 Å². The minimum Gasteiger partial charge on any atom is -0.373 e. The average Bonchev–Trinajstić information content (AvgIpc) is 2.40. The molecule has 0 saturated carbocycles. The number of aromatic nitrogens is 2. The van der Waals surface area contributed by atoms with Crippen LogP contribution in [0.25, 0.3) is 11.4 Å². The first-order valence-electron chi connectivity index (χ1n) is 6.45. The van der Waals surface area contributed by atoms with E-state index in [1.54, 1.807) is 18.2 Å². The van der Waals surface area contributed by atoms with Crippen molar-refractivity contribution in [3.05, 3.63) is 39.5 Å². The molecule has 0 spiro atoms. The topological polar surface area (TPSA) is 37.8 Å². The molecular formula is C15H17Cl2N3. The quantitative estimate of drug-likeness (QED) is 0.874. The summed E-state index contributed by atoms with van der Waals surface area (Å²) in [6.07, 6.45) is 0. The average molecular weight is 310 g/mol. The molecule has 106 valence electrons. The number of nitrogens with zero attached hydrogens (tertiary/aromatic N) is 2. The molecule has 0 radical (unpaired) electrons. The number of nitrogens with one attached hydrogen (secondary N) is 1. The Morgan fingerprint density at radius 2 is 1.85 bits per heavy atom. The van der Waals surface area contributed by atoms with Crippen molar-refractivity contribution in [2.24, 2.45) is 0 Å². The highest BCUT2D eigenvalue weighted by atomic mass is 35.5. The van der Waals surface area contributed by atoms with E-state index in [1.165, 1.54) is 0 Å². The van der Waals surface area contributed by atoms with E-state index in [-0.39, 0.29) is 0 Å². The lowest BCUT2D eigenvalue weighted by molar-refractivity contribution is 0.834. The van der Waals surface area contributed by atoms with Gasteiger partial charge in [0.25, 0.3) is 0 Å². The van der Waals surface area contributed by atoms with Crippen molar-refractivity contribution in [1.82, 2.24) is 9.97 Å². The summed E-state index contributed by atoms with van der Waals surface area (Å²) in [6, 6.07) is 5.29. The van der Waals surface area contributed by atoms with Crippen LogP contribution in [0.15, 0.2) is 18.2 Å². The van der Waals surface area contributed by atoms with Gasteiger partial charge in [0, 0.05) is 28.9 Å². The molecule has 0 aliphatic rings. The molecule has 20 heavy (non-hydrogen) atoms. The van der Waals surface area contributed by atoms with Crippen LogP contribution in [-0.4, -0.2) is 17.0 Å². The molecule has 2 rings (SSSR count). The molecule has 1 aromatic carbocycles. The van der Waals surface area contributed by atoms with Crippen molar-refractivity contribution in [1.29, 1.82) is 0 Å². The highest BCUT2D eigenvalue weighted by molar-refractivity contribution is 6.35. The molecule has 0 aliphatic heterocycles. The number of halogens is 2. The highest BCUT2D eigenvalue weighted by Gasteiger charge is 2.16. The van der Waals surface area contributed by atoms with Crippen molar-refractivity contribution in [3.63, 3.8) is 0 Å².